The van der Waals surface area contributed by atoms with Crippen molar-refractivity contribution in [1.29, 1.82) is 0 Å². The van der Waals surface area contributed by atoms with E-state index in [0.29, 0.717) is 0 Å². The molecule has 0 aliphatic rings. The number of carbonyl (C=O) groups is 3. The van der Waals surface area contributed by atoms with Gasteiger partial charge in [0, 0.05) is 0 Å². The van der Waals surface area contributed by atoms with Gasteiger partial charge in [0.1, 0.15) is 0 Å². The normalized spacial score (nSPS) is 8.60. The molecule has 0 aromatic heterocycles. The number of rotatable bonds is 2. The molecule has 0 aliphatic heterocycles. The first kappa shape index (κ1) is 20.9. The molecule has 15 heavy (non-hydrogen) atoms. The Morgan fingerprint density at radius 3 is 2.07 bits per heavy atom. The van der Waals surface area contributed by atoms with Crippen LogP contribution in [0.15, 0.2) is 0 Å². The van der Waals surface area contributed by atoms with Gasteiger partial charge >= 0.3 is 96.5 Å². The summed E-state index contributed by atoms with van der Waals surface area (Å²) in [6, 6.07) is 0. The molecular formula is C3H5CaNaO9S. The number of hydrogen-bond acceptors (Lipinski definition) is 8. The van der Waals surface area contributed by atoms with E-state index in [2.05, 4.69) is 13.7 Å². The fourth-order valence-corrected chi connectivity index (χ4v) is 0.440. The van der Waals surface area contributed by atoms with Gasteiger partial charge in [-0.1, -0.05) is 0 Å². The summed E-state index contributed by atoms with van der Waals surface area (Å²) in [5.41, 5.74) is 0. The number of hydrogen-bond donors (Lipinski definition) is 1. The average molecular weight is 280 g/mol. The molecule has 0 heterocycles. The summed E-state index contributed by atoms with van der Waals surface area (Å²) >= 11 is 0. The van der Waals surface area contributed by atoms with Gasteiger partial charge in [-0.25, -0.2) is 9.59 Å². The van der Waals surface area contributed by atoms with Gasteiger partial charge in [-0.15, -0.1) is 0 Å². The molecule has 0 spiro atoms. The van der Waals surface area contributed by atoms with E-state index in [-0.39, 0.29) is 78.0 Å². The molecule has 0 aliphatic carbocycles. The Morgan fingerprint density at radius 2 is 1.73 bits per heavy atom. The summed E-state index contributed by atoms with van der Waals surface area (Å²) in [4.78, 5) is 29.7. The van der Waals surface area contributed by atoms with E-state index in [4.69, 9.17) is 4.55 Å². The maximum absolute atomic E-state index is 10.1. The Balaban J connectivity index is -0.0000000720. The van der Waals surface area contributed by atoms with Crippen molar-refractivity contribution in [3.63, 3.8) is 0 Å². The topological polar surface area (TPSA) is 133 Å². The quantitative estimate of drug-likeness (QED) is 0.178. The zero-order chi connectivity index (χ0) is 10.5. The van der Waals surface area contributed by atoms with Gasteiger partial charge in [0.25, 0.3) is 0 Å². The van der Waals surface area contributed by atoms with Crippen LogP contribution < -0.4 is 29.6 Å². The van der Waals surface area contributed by atoms with Gasteiger partial charge in [0.05, 0.1) is 0 Å². The van der Waals surface area contributed by atoms with Crippen molar-refractivity contribution in [2.45, 2.75) is 0 Å². The van der Waals surface area contributed by atoms with E-state index in [9.17, 15) is 22.8 Å². The minimum atomic E-state index is -5.05. The molecule has 0 amide bonds. The molecule has 0 aromatic carbocycles. The Kier molecular flexibility index (Phi) is 13.6. The monoisotopic (exact) mass is 280 g/mol. The third-order valence-corrected chi connectivity index (χ3v) is 0.831. The fraction of sp³-hybridized carbons (Fsp3) is 0. The van der Waals surface area contributed by atoms with Crippen molar-refractivity contribution in [2.75, 3.05) is 0 Å². The standard InChI is InChI=1S/C3H2O9S.Ca.Na.3H/c4-1-10-2(5)11-3(6)12-13(7,8)9;;;;;/h1H,(H,7,8,9);;;;;/q;+2;+1;3*-1. The van der Waals surface area contributed by atoms with Gasteiger partial charge in [0.2, 0.25) is 0 Å². The van der Waals surface area contributed by atoms with Gasteiger partial charge in [-0.2, -0.15) is 8.42 Å². The van der Waals surface area contributed by atoms with Crippen molar-refractivity contribution in [3.8, 4) is 0 Å². The molecule has 0 aromatic rings. The van der Waals surface area contributed by atoms with Gasteiger partial charge in [0.15, 0.2) is 0 Å². The van der Waals surface area contributed by atoms with Crippen LogP contribution in [-0.4, -0.2) is 69.5 Å². The molecule has 0 rings (SSSR count). The summed E-state index contributed by atoms with van der Waals surface area (Å²) in [7, 11) is -5.05. The van der Waals surface area contributed by atoms with Gasteiger partial charge in [-0.3, -0.25) is 13.5 Å². The Morgan fingerprint density at radius 1 is 1.27 bits per heavy atom. The zero-order valence-electron chi connectivity index (χ0n) is 10.4. The minimum Gasteiger partial charge on any atom is -1.00 e. The van der Waals surface area contributed by atoms with Crippen molar-refractivity contribution in [3.05, 3.63) is 0 Å². The average Bonchev–Trinajstić information content (AvgIpc) is 1.81. The van der Waals surface area contributed by atoms with Crippen LogP contribution in [0.4, 0.5) is 9.59 Å². The molecule has 9 nitrogen and oxygen atoms in total. The Hall–Kier alpha value is 0.580. The number of carbonyl (C=O) groups excluding carboxylic acids is 3. The second-order valence-electron chi connectivity index (χ2n) is 1.33. The Bertz CT molecular complexity index is 334. The maximum atomic E-state index is 10.1. The molecule has 12 heteroatoms. The van der Waals surface area contributed by atoms with Gasteiger partial charge < -0.3 is 13.8 Å². The van der Waals surface area contributed by atoms with Crippen molar-refractivity contribution in [1.82, 2.24) is 0 Å². The minimum absolute atomic E-state index is 0. The summed E-state index contributed by atoms with van der Waals surface area (Å²) in [5.74, 6) is 0. The van der Waals surface area contributed by atoms with E-state index < -0.39 is 22.7 Å². The second-order valence-corrected chi connectivity index (χ2v) is 2.35. The van der Waals surface area contributed by atoms with Crippen LogP contribution in [0.25, 0.3) is 0 Å². The van der Waals surface area contributed by atoms with E-state index in [1.54, 1.807) is 0 Å². The van der Waals surface area contributed by atoms with Gasteiger partial charge in [-0.05, 0) is 0 Å². The van der Waals surface area contributed by atoms with Crippen molar-refractivity contribution >= 4 is 66.9 Å². The first-order chi connectivity index (χ1) is 5.85. The van der Waals surface area contributed by atoms with Crippen LogP contribution in [0.1, 0.15) is 4.28 Å². The van der Waals surface area contributed by atoms with E-state index >= 15 is 0 Å². The largest absolute Gasteiger partial charge is 2.00 e. The number of ether oxygens (including phenoxy) is 2. The third kappa shape index (κ3) is 14.6. The van der Waals surface area contributed by atoms with E-state index in [0.717, 1.165) is 0 Å². The first-order valence-electron chi connectivity index (χ1n) is 2.38. The summed E-state index contributed by atoms with van der Waals surface area (Å²) in [6.45, 7) is -0.358. The maximum Gasteiger partial charge on any atom is 2.00 e. The Labute approximate surface area is 140 Å². The third-order valence-electron chi connectivity index (χ3n) is 0.484. The first-order valence-corrected chi connectivity index (χ1v) is 3.74. The predicted molar refractivity (Wildman–Crippen MR) is 40.7 cm³/mol. The van der Waals surface area contributed by atoms with Crippen LogP contribution in [-0.2, 0) is 28.9 Å². The van der Waals surface area contributed by atoms with Crippen molar-refractivity contribution < 1.29 is 74.8 Å². The molecule has 0 saturated heterocycles. The fourth-order valence-electron chi connectivity index (χ4n) is 0.234. The van der Waals surface area contributed by atoms with E-state index in [1.807, 2.05) is 0 Å². The second kappa shape index (κ2) is 9.78. The smallest absolute Gasteiger partial charge is 1.00 e. The van der Waals surface area contributed by atoms with Crippen LogP contribution in [0.3, 0.4) is 0 Å². The molecule has 1 N–H and O–H groups in total. The predicted octanol–water partition coefficient (Wildman–Crippen LogP) is -3.80. The van der Waals surface area contributed by atoms with Crippen LogP contribution in [0.2, 0.25) is 0 Å². The molecule has 0 saturated carbocycles. The molecule has 0 radical (unpaired) electrons. The summed E-state index contributed by atoms with van der Waals surface area (Å²) in [6.07, 6.45) is -3.84. The molecule has 0 bridgehead atoms. The molecule has 0 fully saturated rings. The van der Waals surface area contributed by atoms with E-state index in [1.165, 1.54) is 0 Å². The van der Waals surface area contributed by atoms with Crippen LogP contribution in [0, 0.1) is 0 Å². The van der Waals surface area contributed by atoms with Crippen LogP contribution in [0.5, 0.6) is 0 Å². The SMILES string of the molecule is O=COC(=O)OC(=O)OS(=O)(=O)O.[Ca+2].[H-].[H-].[H-].[Na+]. The molecule has 80 valence electrons. The molecule has 0 unspecified atom stereocenters. The van der Waals surface area contributed by atoms with Crippen LogP contribution >= 0.6 is 0 Å². The van der Waals surface area contributed by atoms with Crippen molar-refractivity contribution in [2.24, 2.45) is 0 Å². The molecule has 0 atom stereocenters. The molecular weight excluding hydrogens is 275 g/mol. The summed E-state index contributed by atoms with van der Waals surface area (Å²) in [5, 5.41) is 0. The summed E-state index contributed by atoms with van der Waals surface area (Å²) < 4.78 is 37.3. The zero-order valence-corrected chi connectivity index (χ0v) is 12.4.